The zero-order valence-electron chi connectivity index (χ0n) is 9.68. The van der Waals surface area contributed by atoms with Crippen molar-refractivity contribution in [3.8, 4) is 0 Å². The van der Waals surface area contributed by atoms with E-state index in [1.54, 1.807) is 0 Å². The van der Waals surface area contributed by atoms with Gasteiger partial charge in [-0.25, -0.2) is 4.98 Å². The highest BCUT2D eigenvalue weighted by molar-refractivity contribution is 7.99. The van der Waals surface area contributed by atoms with Crippen LogP contribution in [0.4, 0.5) is 5.95 Å². The minimum atomic E-state index is 0.620. The molecular formula is C12H17N3S. The van der Waals surface area contributed by atoms with E-state index in [4.69, 9.17) is 5.73 Å². The van der Waals surface area contributed by atoms with E-state index in [-0.39, 0.29) is 0 Å². The van der Waals surface area contributed by atoms with Crippen LogP contribution in [-0.4, -0.2) is 21.1 Å². The average molecular weight is 235 g/mol. The van der Waals surface area contributed by atoms with Crippen LogP contribution >= 0.6 is 11.8 Å². The molecule has 86 valence electrons. The Morgan fingerprint density at radius 1 is 1.44 bits per heavy atom. The first kappa shape index (κ1) is 11.3. The molecule has 0 radical (unpaired) electrons. The number of benzene rings is 1. The van der Waals surface area contributed by atoms with Crippen LogP contribution < -0.4 is 5.73 Å². The topological polar surface area (TPSA) is 43.8 Å². The van der Waals surface area contributed by atoms with E-state index in [1.165, 1.54) is 0 Å². The third-order valence-electron chi connectivity index (χ3n) is 2.85. The lowest BCUT2D eigenvalue weighted by Gasteiger charge is -2.10. The van der Waals surface area contributed by atoms with Crippen LogP contribution in [-0.2, 0) is 6.54 Å². The summed E-state index contributed by atoms with van der Waals surface area (Å²) in [6, 6.07) is 8.09. The summed E-state index contributed by atoms with van der Waals surface area (Å²) >= 11 is 1.88. The molecule has 1 atom stereocenters. The van der Waals surface area contributed by atoms with Gasteiger partial charge in [0.2, 0.25) is 5.95 Å². The second kappa shape index (κ2) is 4.78. The van der Waals surface area contributed by atoms with Crippen LogP contribution in [0.3, 0.4) is 0 Å². The third kappa shape index (κ3) is 2.16. The molecule has 2 aromatic rings. The van der Waals surface area contributed by atoms with Crippen molar-refractivity contribution >= 4 is 28.7 Å². The van der Waals surface area contributed by atoms with Gasteiger partial charge in [-0.3, -0.25) is 0 Å². The Morgan fingerprint density at radius 2 is 2.19 bits per heavy atom. The second-order valence-electron chi connectivity index (χ2n) is 3.95. The van der Waals surface area contributed by atoms with Crippen LogP contribution in [0.1, 0.15) is 13.3 Å². The number of imidazole rings is 1. The van der Waals surface area contributed by atoms with Gasteiger partial charge in [0.1, 0.15) is 0 Å². The van der Waals surface area contributed by atoms with E-state index in [9.17, 15) is 0 Å². The predicted molar refractivity (Wildman–Crippen MR) is 71.7 cm³/mol. The van der Waals surface area contributed by atoms with Crippen molar-refractivity contribution in [3.63, 3.8) is 0 Å². The fraction of sp³-hybridized carbons (Fsp3) is 0.417. The second-order valence-corrected chi connectivity index (χ2v) is 5.22. The number of hydrogen-bond acceptors (Lipinski definition) is 3. The van der Waals surface area contributed by atoms with Gasteiger partial charge in [-0.1, -0.05) is 19.1 Å². The van der Waals surface area contributed by atoms with Gasteiger partial charge in [0, 0.05) is 11.8 Å². The summed E-state index contributed by atoms with van der Waals surface area (Å²) < 4.78 is 2.10. The monoisotopic (exact) mass is 235 g/mol. The summed E-state index contributed by atoms with van der Waals surface area (Å²) in [5.74, 6) is 0.620. The molecule has 4 heteroatoms. The zero-order chi connectivity index (χ0) is 11.5. The van der Waals surface area contributed by atoms with E-state index in [2.05, 4.69) is 28.8 Å². The first-order valence-electron chi connectivity index (χ1n) is 5.46. The smallest absolute Gasteiger partial charge is 0.201 e. The molecule has 0 aliphatic rings. The summed E-state index contributed by atoms with van der Waals surface area (Å²) in [5, 5.41) is 0.653. The molecule has 0 aliphatic carbocycles. The minimum Gasteiger partial charge on any atom is -0.369 e. The molecule has 3 nitrogen and oxygen atoms in total. The lowest BCUT2D eigenvalue weighted by atomic mass is 10.3. The van der Waals surface area contributed by atoms with Crippen LogP contribution in [0.5, 0.6) is 0 Å². The predicted octanol–water partition coefficient (Wildman–Crippen LogP) is 2.76. The minimum absolute atomic E-state index is 0.620. The Kier molecular flexibility index (Phi) is 3.39. The number of nitrogen functional groups attached to an aromatic ring is 1. The molecule has 0 bridgehead atoms. The Labute approximate surface area is 100 Å². The molecule has 2 rings (SSSR count). The van der Waals surface area contributed by atoms with Crippen molar-refractivity contribution in [1.29, 1.82) is 0 Å². The van der Waals surface area contributed by atoms with Gasteiger partial charge in [0.25, 0.3) is 0 Å². The molecular weight excluding hydrogens is 218 g/mol. The van der Waals surface area contributed by atoms with E-state index >= 15 is 0 Å². The number of anilines is 1. The largest absolute Gasteiger partial charge is 0.369 e. The zero-order valence-corrected chi connectivity index (χ0v) is 10.5. The fourth-order valence-corrected chi connectivity index (χ4v) is 2.10. The molecule has 0 amide bonds. The standard InChI is InChI=1S/C12H17N3S/c1-9(16-2)7-8-15-11-6-4-3-5-10(11)14-12(15)13/h3-6,9H,7-8H2,1-2H3,(H2,13,14). The molecule has 1 heterocycles. The maximum Gasteiger partial charge on any atom is 0.201 e. The normalized spacial score (nSPS) is 13.1. The lowest BCUT2D eigenvalue weighted by molar-refractivity contribution is 0.662. The highest BCUT2D eigenvalue weighted by Crippen LogP contribution is 2.19. The number of aromatic nitrogens is 2. The van der Waals surface area contributed by atoms with E-state index in [1.807, 2.05) is 30.0 Å². The van der Waals surface area contributed by atoms with Crippen molar-refractivity contribution in [3.05, 3.63) is 24.3 Å². The summed E-state index contributed by atoms with van der Waals surface area (Å²) in [6.45, 7) is 3.17. The van der Waals surface area contributed by atoms with Crippen LogP contribution in [0, 0.1) is 0 Å². The molecule has 0 spiro atoms. The third-order valence-corrected chi connectivity index (χ3v) is 3.89. The van der Waals surface area contributed by atoms with Gasteiger partial charge < -0.3 is 10.3 Å². The van der Waals surface area contributed by atoms with Gasteiger partial charge in [0.05, 0.1) is 11.0 Å². The SMILES string of the molecule is CSC(C)CCn1c(N)nc2ccccc21. The summed E-state index contributed by atoms with van der Waals surface area (Å²) in [6.07, 6.45) is 3.26. The highest BCUT2D eigenvalue weighted by Gasteiger charge is 2.08. The van der Waals surface area contributed by atoms with Gasteiger partial charge >= 0.3 is 0 Å². The number of thioether (sulfide) groups is 1. The lowest BCUT2D eigenvalue weighted by Crippen LogP contribution is -2.07. The summed E-state index contributed by atoms with van der Waals surface area (Å²) in [4.78, 5) is 4.35. The van der Waals surface area contributed by atoms with Crippen molar-refractivity contribution < 1.29 is 0 Å². The number of nitrogens with zero attached hydrogens (tertiary/aromatic N) is 2. The quantitative estimate of drug-likeness (QED) is 0.886. The summed E-state index contributed by atoms with van der Waals surface area (Å²) in [7, 11) is 0. The maximum absolute atomic E-state index is 5.93. The van der Waals surface area contributed by atoms with Crippen LogP contribution in [0.25, 0.3) is 11.0 Å². The van der Waals surface area contributed by atoms with Gasteiger partial charge in [-0.05, 0) is 24.8 Å². The Hall–Kier alpha value is -1.16. The van der Waals surface area contributed by atoms with Gasteiger partial charge in [0.15, 0.2) is 0 Å². The first-order valence-corrected chi connectivity index (χ1v) is 6.74. The highest BCUT2D eigenvalue weighted by atomic mass is 32.2. The summed E-state index contributed by atoms with van der Waals surface area (Å²) in [5.41, 5.74) is 8.04. The van der Waals surface area contributed by atoms with Crippen molar-refractivity contribution in [1.82, 2.24) is 9.55 Å². The molecule has 0 aliphatic heterocycles. The number of aryl methyl sites for hydroxylation is 1. The molecule has 0 fully saturated rings. The van der Waals surface area contributed by atoms with Crippen molar-refractivity contribution in [2.24, 2.45) is 0 Å². The van der Waals surface area contributed by atoms with Gasteiger partial charge in [-0.2, -0.15) is 11.8 Å². The molecule has 16 heavy (non-hydrogen) atoms. The Balaban J connectivity index is 2.26. The average Bonchev–Trinajstić information content (AvgIpc) is 2.62. The molecule has 1 aromatic heterocycles. The first-order chi connectivity index (χ1) is 7.72. The number of hydrogen-bond donors (Lipinski definition) is 1. The van der Waals surface area contributed by atoms with E-state index < -0.39 is 0 Å². The van der Waals surface area contributed by atoms with Crippen LogP contribution in [0.2, 0.25) is 0 Å². The molecule has 2 N–H and O–H groups in total. The molecule has 0 saturated heterocycles. The van der Waals surface area contributed by atoms with Gasteiger partial charge in [-0.15, -0.1) is 0 Å². The Bertz CT molecular complexity index is 478. The molecule has 0 saturated carbocycles. The number of para-hydroxylation sites is 2. The van der Waals surface area contributed by atoms with Crippen LogP contribution in [0.15, 0.2) is 24.3 Å². The number of fused-ring (bicyclic) bond motifs is 1. The van der Waals surface area contributed by atoms with E-state index in [0.29, 0.717) is 11.2 Å². The van der Waals surface area contributed by atoms with Crippen molar-refractivity contribution in [2.45, 2.75) is 25.1 Å². The van der Waals surface area contributed by atoms with E-state index in [0.717, 1.165) is 24.0 Å². The maximum atomic E-state index is 5.93. The fourth-order valence-electron chi connectivity index (χ4n) is 1.76. The molecule has 1 unspecified atom stereocenters. The van der Waals surface area contributed by atoms with Crippen molar-refractivity contribution in [2.75, 3.05) is 12.0 Å². The number of nitrogens with two attached hydrogens (primary N) is 1. The Morgan fingerprint density at radius 3 is 2.94 bits per heavy atom. The molecule has 1 aromatic carbocycles. The number of rotatable bonds is 4.